The molecule has 0 bridgehead atoms. The number of fused-ring (bicyclic) bond motifs is 1. The number of nitrogens with zero attached hydrogens (tertiary/aromatic N) is 1. The second kappa shape index (κ2) is 7.13. The van der Waals surface area contributed by atoms with Crippen LogP contribution in [0.3, 0.4) is 0 Å². The molecule has 0 saturated carbocycles. The summed E-state index contributed by atoms with van der Waals surface area (Å²) in [5.41, 5.74) is 3.64. The third-order valence-corrected chi connectivity index (χ3v) is 5.09. The van der Waals surface area contributed by atoms with E-state index in [0.717, 1.165) is 0 Å². The van der Waals surface area contributed by atoms with Crippen molar-refractivity contribution >= 4 is 12.4 Å². The van der Waals surface area contributed by atoms with Crippen LogP contribution in [0, 0.1) is 5.41 Å². The van der Waals surface area contributed by atoms with E-state index in [0.29, 0.717) is 11.5 Å². The lowest BCUT2D eigenvalue weighted by Crippen LogP contribution is -2.39. The number of nitrogens with one attached hydrogen (secondary N) is 1. The van der Waals surface area contributed by atoms with Gasteiger partial charge in [-0.2, -0.15) is 0 Å². The number of hydrogen-bond acceptors (Lipinski definition) is 2. The Morgan fingerprint density at radius 3 is 2.86 bits per heavy atom. The number of rotatable bonds is 5. The highest BCUT2D eigenvalue weighted by Crippen LogP contribution is 2.38. The Morgan fingerprint density at radius 2 is 2.14 bits per heavy atom. The number of hydrogen-bond donors (Lipinski definition) is 1. The average Bonchev–Trinajstić information content (AvgIpc) is 3.05. The predicted octanol–water partition coefficient (Wildman–Crippen LogP) is 3.81. The largest absolute Gasteiger partial charge is 0.316 e. The van der Waals surface area contributed by atoms with Crippen LogP contribution in [0.2, 0.25) is 0 Å². The molecular weight excluding hydrogens is 280 g/mol. The molecule has 1 aromatic rings. The van der Waals surface area contributed by atoms with E-state index in [1.54, 1.807) is 11.1 Å². The first-order chi connectivity index (χ1) is 9.72. The van der Waals surface area contributed by atoms with Crippen LogP contribution >= 0.6 is 12.4 Å². The molecule has 118 valence electrons. The van der Waals surface area contributed by atoms with E-state index in [9.17, 15) is 0 Å². The Bertz CT molecular complexity index is 454. The molecule has 1 aromatic carbocycles. The van der Waals surface area contributed by atoms with Gasteiger partial charge >= 0.3 is 0 Å². The Balaban J connectivity index is 0.00000161. The van der Waals surface area contributed by atoms with Gasteiger partial charge in [0, 0.05) is 19.1 Å². The summed E-state index contributed by atoms with van der Waals surface area (Å²) >= 11 is 0. The van der Waals surface area contributed by atoms with Gasteiger partial charge in [-0.1, -0.05) is 38.1 Å². The van der Waals surface area contributed by atoms with Crippen molar-refractivity contribution < 1.29 is 0 Å². The van der Waals surface area contributed by atoms with Crippen molar-refractivity contribution in [3.63, 3.8) is 0 Å². The molecule has 0 spiro atoms. The van der Waals surface area contributed by atoms with Gasteiger partial charge in [0.15, 0.2) is 0 Å². The lowest BCUT2D eigenvalue weighted by atomic mass is 9.88. The molecule has 3 heteroatoms. The molecule has 1 fully saturated rings. The molecule has 1 heterocycles. The number of halogens is 1. The third kappa shape index (κ3) is 3.61. The van der Waals surface area contributed by atoms with Crippen molar-refractivity contribution in [2.45, 2.75) is 45.6 Å². The molecule has 2 nitrogen and oxygen atoms in total. The molecule has 3 rings (SSSR count). The molecule has 0 radical (unpaired) electrons. The van der Waals surface area contributed by atoms with Gasteiger partial charge in [0.25, 0.3) is 0 Å². The van der Waals surface area contributed by atoms with Gasteiger partial charge in [0.1, 0.15) is 0 Å². The second-order valence-corrected chi connectivity index (χ2v) is 6.96. The minimum atomic E-state index is 0. The standard InChI is InChI=1S/C18H28N2.ClH/c1-3-12-20(14-18(2)10-11-19-13-18)17-9-8-15-6-4-5-7-16(15)17;/h4-7,17,19H,3,8-14H2,1-2H3;1H. The summed E-state index contributed by atoms with van der Waals surface area (Å²) in [5.74, 6) is 0. The maximum absolute atomic E-state index is 3.54. The van der Waals surface area contributed by atoms with Crippen LogP contribution in [0.5, 0.6) is 0 Å². The lowest BCUT2D eigenvalue weighted by molar-refractivity contribution is 0.128. The Kier molecular flexibility index (Phi) is 5.70. The van der Waals surface area contributed by atoms with E-state index < -0.39 is 0 Å². The minimum absolute atomic E-state index is 0. The van der Waals surface area contributed by atoms with Crippen molar-refractivity contribution in [1.82, 2.24) is 10.2 Å². The smallest absolute Gasteiger partial charge is 0.0354 e. The van der Waals surface area contributed by atoms with Gasteiger partial charge in [-0.05, 0) is 55.3 Å². The zero-order chi connectivity index (χ0) is 14.0. The molecule has 1 aliphatic heterocycles. The van der Waals surface area contributed by atoms with Crippen molar-refractivity contribution in [3.8, 4) is 0 Å². The van der Waals surface area contributed by atoms with Gasteiger partial charge in [-0.3, -0.25) is 4.90 Å². The van der Waals surface area contributed by atoms with Gasteiger partial charge < -0.3 is 5.32 Å². The van der Waals surface area contributed by atoms with Gasteiger partial charge in [-0.15, -0.1) is 12.4 Å². The summed E-state index contributed by atoms with van der Waals surface area (Å²) in [6.07, 6.45) is 5.14. The van der Waals surface area contributed by atoms with E-state index in [2.05, 4.69) is 48.3 Å². The van der Waals surface area contributed by atoms with E-state index in [1.165, 1.54) is 51.9 Å². The molecule has 1 N–H and O–H groups in total. The maximum Gasteiger partial charge on any atom is 0.0354 e. The summed E-state index contributed by atoms with van der Waals surface area (Å²) in [6.45, 7) is 9.61. The Labute approximate surface area is 135 Å². The lowest BCUT2D eigenvalue weighted by Gasteiger charge is -2.36. The number of benzene rings is 1. The Morgan fingerprint density at radius 1 is 1.33 bits per heavy atom. The fourth-order valence-corrected chi connectivity index (χ4v) is 4.04. The van der Waals surface area contributed by atoms with E-state index in [4.69, 9.17) is 0 Å². The molecular formula is C18H29ClN2. The molecule has 2 aliphatic rings. The summed E-state index contributed by atoms with van der Waals surface area (Å²) in [4.78, 5) is 2.76. The molecule has 1 aliphatic carbocycles. The molecule has 2 atom stereocenters. The van der Waals surface area contributed by atoms with Crippen LogP contribution in [0.1, 0.15) is 50.3 Å². The van der Waals surface area contributed by atoms with Crippen molar-refractivity contribution in [1.29, 1.82) is 0 Å². The van der Waals surface area contributed by atoms with E-state index in [-0.39, 0.29) is 12.4 Å². The van der Waals surface area contributed by atoms with E-state index >= 15 is 0 Å². The molecule has 0 amide bonds. The molecule has 21 heavy (non-hydrogen) atoms. The van der Waals surface area contributed by atoms with Crippen LogP contribution in [0.4, 0.5) is 0 Å². The van der Waals surface area contributed by atoms with Crippen LogP contribution in [0.25, 0.3) is 0 Å². The van der Waals surface area contributed by atoms with Crippen molar-refractivity contribution in [2.75, 3.05) is 26.2 Å². The Hall–Kier alpha value is -0.570. The topological polar surface area (TPSA) is 15.3 Å². The van der Waals surface area contributed by atoms with E-state index in [1.807, 2.05) is 0 Å². The normalized spacial score (nSPS) is 27.7. The highest BCUT2D eigenvalue weighted by Gasteiger charge is 2.35. The predicted molar refractivity (Wildman–Crippen MR) is 92.2 cm³/mol. The average molecular weight is 309 g/mol. The van der Waals surface area contributed by atoms with Crippen molar-refractivity contribution in [2.24, 2.45) is 5.41 Å². The quantitative estimate of drug-likeness (QED) is 0.890. The van der Waals surface area contributed by atoms with Gasteiger partial charge in [-0.25, -0.2) is 0 Å². The summed E-state index contributed by atoms with van der Waals surface area (Å²) < 4.78 is 0. The third-order valence-electron chi connectivity index (χ3n) is 5.09. The first-order valence-electron chi connectivity index (χ1n) is 8.24. The second-order valence-electron chi connectivity index (χ2n) is 6.96. The maximum atomic E-state index is 3.54. The molecule has 0 aromatic heterocycles. The highest BCUT2D eigenvalue weighted by molar-refractivity contribution is 5.85. The fourth-order valence-electron chi connectivity index (χ4n) is 4.04. The molecule has 1 saturated heterocycles. The zero-order valence-corrected chi connectivity index (χ0v) is 14.2. The monoisotopic (exact) mass is 308 g/mol. The SMILES string of the molecule is CCCN(CC1(C)CCNC1)C1CCc2ccccc21.Cl. The van der Waals surface area contributed by atoms with Crippen LogP contribution in [-0.2, 0) is 6.42 Å². The fraction of sp³-hybridized carbons (Fsp3) is 0.667. The first kappa shape index (κ1) is 16.8. The summed E-state index contributed by atoms with van der Waals surface area (Å²) in [6, 6.07) is 9.72. The van der Waals surface area contributed by atoms with Crippen molar-refractivity contribution in [3.05, 3.63) is 35.4 Å². The van der Waals surface area contributed by atoms with Crippen LogP contribution in [0.15, 0.2) is 24.3 Å². The van der Waals surface area contributed by atoms with Crippen LogP contribution in [-0.4, -0.2) is 31.1 Å². The number of aryl methyl sites for hydroxylation is 1. The van der Waals surface area contributed by atoms with Gasteiger partial charge in [0.2, 0.25) is 0 Å². The first-order valence-corrected chi connectivity index (χ1v) is 8.24. The van der Waals surface area contributed by atoms with Gasteiger partial charge in [0.05, 0.1) is 0 Å². The van der Waals surface area contributed by atoms with Crippen LogP contribution < -0.4 is 5.32 Å². The summed E-state index contributed by atoms with van der Waals surface area (Å²) in [5, 5.41) is 3.54. The zero-order valence-electron chi connectivity index (χ0n) is 13.4. The summed E-state index contributed by atoms with van der Waals surface area (Å²) in [7, 11) is 0. The molecule has 2 unspecified atom stereocenters. The minimum Gasteiger partial charge on any atom is -0.316 e. The highest BCUT2D eigenvalue weighted by atomic mass is 35.5.